The van der Waals surface area contributed by atoms with E-state index >= 15 is 0 Å². The SMILES string of the molecule is CCCCOC(=O)C1C(C)=NC2=C(C(=O)CC(C)(C)C2)[C@@H]1c1ccc(Cl)c(Cl)c1. The van der Waals surface area contributed by atoms with Crippen molar-refractivity contribution < 1.29 is 14.3 Å². The number of rotatable bonds is 5. The molecule has 1 heterocycles. The van der Waals surface area contributed by atoms with E-state index in [9.17, 15) is 9.59 Å². The van der Waals surface area contributed by atoms with Gasteiger partial charge in [0.15, 0.2) is 5.78 Å². The molecule has 1 aliphatic heterocycles. The van der Waals surface area contributed by atoms with Crippen LogP contribution in [-0.2, 0) is 14.3 Å². The van der Waals surface area contributed by atoms with E-state index in [2.05, 4.69) is 13.8 Å². The molecule has 1 aromatic carbocycles. The fraction of sp³-hybridized carbons (Fsp3) is 0.522. The van der Waals surface area contributed by atoms with Crippen LogP contribution < -0.4 is 0 Å². The molecule has 1 aromatic rings. The monoisotopic (exact) mass is 435 g/mol. The van der Waals surface area contributed by atoms with Crippen molar-refractivity contribution in [2.75, 3.05) is 6.61 Å². The van der Waals surface area contributed by atoms with Crippen LogP contribution in [0, 0.1) is 11.3 Å². The lowest BCUT2D eigenvalue weighted by molar-refractivity contribution is -0.146. The Hall–Kier alpha value is -1.65. The molecular weight excluding hydrogens is 409 g/mol. The number of benzene rings is 1. The van der Waals surface area contributed by atoms with Gasteiger partial charge in [-0.15, -0.1) is 0 Å². The summed E-state index contributed by atoms with van der Waals surface area (Å²) in [6, 6.07) is 5.29. The molecule has 0 fully saturated rings. The summed E-state index contributed by atoms with van der Waals surface area (Å²) in [4.78, 5) is 30.9. The number of nitrogens with zero attached hydrogens (tertiary/aromatic N) is 1. The Kier molecular flexibility index (Phi) is 6.54. The average Bonchev–Trinajstić information content (AvgIpc) is 2.61. The first-order valence-corrected chi connectivity index (χ1v) is 10.8. The summed E-state index contributed by atoms with van der Waals surface area (Å²) < 4.78 is 5.54. The van der Waals surface area contributed by atoms with Crippen LogP contribution in [0.4, 0.5) is 0 Å². The highest BCUT2D eigenvalue weighted by Crippen LogP contribution is 2.48. The zero-order chi connectivity index (χ0) is 21.3. The first kappa shape index (κ1) is 22.0. The van der Waals surface area contributed by atoms with Crippen molar-refractivity contribution >= 4 is 40.7 Å². The number of Topliss-reactive ketones (excluding diaryl/α,β-unsaturated/α-hetero) is 1. The smallest absolute Gasteiger partial charge is 0.315 e. The van der Waals surface area contributed by atoms with E-state index in [0.29, 0.717) is 40.8 Å². The number of ketones is 1. The lowest BCUT2D eigenvalue weighted by atomic mass is 9.67. The van der Waals surface area contributed by atoms with Gasteiger partial charge in [-0.3, -0.25) is 14.6 Å². The molecule has 4 nitrogen and oxygen atoms in total. The minimum absolute atomic E-state index is 0.0370. The van der Waals surface area contributed by atoms with Gasteiger partial charge in [0.05, 0.1) is 16.7 Å². The molecule has 2 aliphatic rings. The van der Waals surface area contributed by atoms with Crippen molar-refractivity contribution in [3.05, 3.63) is 45.1 Å². The fourth-order valence-electron chi connectivity index (χ4n) is 4.22. The van der Waals surface area contributed by atoms with Gasteiger partial charge < -0.3 is 4.74 Å². The van der Waals surface area contributed by atoms with E-state index in [-0.39, 0.29) is 17.2 Å². The molecule has 29 heavy (non-hydrogen) atoms. The zero-order valence-corrected chi connectivity index (χ0v) is 18.9. The normalized spacial score (nSPS) is 23.5. The van der Waals surface area contributed by atoms with Crippen molar-refractivity contribution in [2.45, 2.75) is 59.3 Å². The molecule has 156 valence electrons. The van der Waals surface area contributed by atoms with Crippen LogP contribution in [-0.4, -0.2) is 24.1 Å². The minimum atomic E-state index is -0.645. The zero-order valence-electron chi connectivity index (χ0n) is 17.4. The summed E-state index contributed by atoms with van der Waals surface area (Å²) in [5.41, 5.74) is 2.69. The molecule has 0 saturated heterocycles. The average molecular weight is 436 g/mol. The highest BCUT2D eigenvalue weighted by atomic mass is 35.5. The fourth-order valence-corrected chi connectivity index (χ4v) is 4.53. The van der Waals surface area contributed by atoms with Gasteiger partial charge in [-0.05, 0) is 42.9 Å². The van der Waals surface area contributed by atoms with E-state index in [4.69, 9.17) is 32.9 Å². The summed E-state index contributed by atoms with van der Waals surface area (Å²) in [5, 5.41) is 0.831. The molecule has 0 bridgehead atoms. The van der Waals surface area contributed by atoms with Gasteiger partial charge in [-0.2, -0.15) is 0 Å². The Bertz CT molecular complexity index is 901. The van der Waals surface area contributed by atoms with E-state index in [1.54, 1.807) is 12.1 Å². The third kappa shape index (κ3) is 4.59. The predicted octanol–water partition coefficient (Wildman–Crippen LogP) is 6.15. The summed E-state index contributed by atoms with van der Waals surface area (Å²) >= 11 is 12.4. The summed E-state index contributed by atoms with van der Waals surface area (Å²) in [6.07, 6.45) is 2.86. The molecule has 3 rings (SSSR count). The number of carbonyl (C=O) groups excluding carboxylic acids is 2. The van der Waals surface area contributed by atoms with Gasteiger partial charge >= 0.3 is 5.97 Å². The van der Waals surface area contributed by atoms with Gasteiger partial charge in [0.1, 0.15) is 5.92 Å². The second kappa shape index (κ2) is 8.61. The number of carbonyl (C=O) groups is 2. The number of unbranched alkanes of at least 4 members (excludes halogenated alkanes) is 1. The molecule has 0 N–H and O–H groups in total. The van der Waals surface area contributed by atoms with Crippen molar-refractivity contribution in [1.29, 1.82) is 0 Å². The first-order chi connectivity index (χ1) is 13.6. The molecule has 0 spiro atoms. The number of hydrogen-bond donors (Lipinski definition) is 0. The van der Waals surface area contributed by atoms with Crippen molar-refractivity contribution in [3.8, 4) is 0 Å². The standard InChI is InChI=1S/C23H27Cl2NO3/c1-5-6-9-29-22(28)19-13(2)26-17-11-23(3,4)12-18(27)21(17)20(19)14-7-8-15(24)16(25)10-14/h7-8,10,19-20H,5-6,9,11-12H2,1-4H3/t19?,20-/m1/s1. The molecule has 1 unspecified atom stereocenters. The van der Waals surface area contributed by atoms with Crippen LogP contribution in [0.1, 0.15) is 64.9 Å². The predicted molar refractivity (Wildman–Crippen MR) is 117 cm³/mol. The second-order valence-corrected chi connectivity index (χ2v) is 9.52. The topological polar surface area (TPSA) is 55.7 Å². The van der Waals surface area contributed by atoms with E-state index < -0.39 is 11.8 Å². The Morgan fingerprint density at radius 3 is 2.62 bits per heavy atom. The quantitative estimate of drug-likeness (QED) is 0.411. The number of ether oxygens (including phenoxy) is 1. The number of esters is 1. The Morgan fingerprint density at radius 2 is 1.97 bits per heavy atom. The van der Waals surface area contributed by atoms with Crippen LogP contribution in [0.2, 0.25) is 10.0 Å². The van der Waals surface area contributed by atoms with Crippen LogP contribution in [0.3, 0.4) is 0 Å². The molecule has 0 amide bonds. The maximum absolute atomic E-state index is 13.2. The third-order valence-electron chi connectivity index (χ3n) is 5.60. The first-order valence-electron chi connectivity index (χ1n) is 10.1. The number of hydrogen-bond acceptors (Lipinski definition) is 4. The summed E-state index contributed by atoms with van der Waals surface area (Å²) in [5.74, 6) is -1.42. The summed E-state index contributed by atoms with van der Waals surface area (Å²) in [6.45, 7) is 8.38. The molecular formula is C23H27Cl2NO3. The lowest BCUT2D eigenvalue weighted by Gasteiger charge is -2.39. The van der Waals surface area contributed by atoms with Gasteiger partial charge in [-0.25, -0.2) is 0 Å². The van der Waals surface area contributed by atoms with Crippen molar-refractivity contribution in [1.82, 2.24) is 0 Å². The molecule has 0 radical (unpaired) electrons. The van der Waals surface area contributed by atoms with E-state index in [0.717, 1.165) is 24.1 Å². The Labute approximate surface area is 182 Å². The largest absolute Gasteiger partial charge is 0.465 e. The van der Waals surface area contributed by atoms with Gasteiger partial charge in [0.25, 0.3) is 0 Å². The maximum Gasteiger partial charge on any atom is 0.315 e. The highest BCUT2D eigenvalue weighted by Gasteiger charge is 2.46. The number of halogens is 2. The minimum Gasteiger partial charge on any atom is -0.465 e. The molecule has 2 atom stereocenters. The van der Waals surface area contributed by atoms with E-state index in [1.165, 1.54) is 0 Å². The Morgan fingerprint density at radius 1 is 1.24 bits per heavy atom. The highest BCUT2D eigenvalue weighted by molar-refractivity contribution is 6.42. The van der Waals surface area contributed by atoms with E-state index in [1.807, 2.05) is 19.9 Å². The van der Waals surface area contributed by atoms with Crippen LogP contribution in [0.15, 0.2) is 34.5 Å². The van der Waals surface area contributed by atoms with Crippen molar-refractivity contribution in [3.63, 3.8) is 0 Å². The van der Waals surface area contributed by atoms with Gasteiger partial charge in [-0.1, -0.05) is 56.5 Å². The van der Waals surface area contributed by atoms with Crippen molar-refractivity contribution in [2.24, 2.45) is 16.3 Å². The number of allylic oxidation sites excluding steroid dienone is 2. The maximum atomic E-state index is 13.2. The Balaban J connectivity index is 2.10. The second-order valence-electron chi connectivity index (χ2n) is 8.70. The molecule has 1 aliphatic carbocycles. The van der Waals surface area contributed by atoms with Gasteiger partial charge in [0, 0.05) is 29.3 Å². The summed E-state index contributed by atoms with van der Waals surface area (Å²) in [7, 11) is 0. The number of aliphatic imine (C=N–C) groups is 1. The van der Waals surface area contributed by atoms with Crippen LogP contribution in [0.5, 0.6) is 0 Å². The lowest BCUT2D eigenvalue weighted by Crippen LogP contribution is -2.39. The van der Waals surface area contributed by atoms with Crippen LogP contribution in [0.25, 0.3) is 0 Å². The molecule has 0 saturated carbocycles. The molecule has 6 heteroatoms. The van der Waals surface area contributed by atoms with Gasteiger partial charge in [0.2, 0.25) is 0 Å². The third-order valence-corrected chi connectivity index (χ3v) is 6.34. The molecule has 0 aromatic heterocycles. The van der Waals surface area contributed by atoms with Crippen LogP contribution >= 0.6 is 23.2 Å².